The molecule has 18 heavy (non-hydrogen) atoms. The maximum atomic E-state index is 12.4. The van der Waals surface area contributed by atoms with Crippen molar-refractivity contribution in [3.8, 4) is 0 Å². The molecule has 0 radical (unpaired) electrons. The monoisotopic (exact) mass is 354 g/mol. The van der Waals surface area contributed by atoms with Crippen LogP contribution in [0.4, 0.5) is 0 Å². The molecule has 1 fully saturated rings. The van der Waals surface area contributed by atoms with Gasteiger partial charge in [-0.05, 0) is 31.2 Å². The standard InChI is InChI=1S/C11H15BrN2O2S.ClH/c1-9-8-13-6-7-14(9)17(15,16)11-4-2-10(12)3-5-11;/h2-5,9,13H,6-8H2,1H3;1H. The Morgan fingerprint density at radius 1 is 1.33 bits per heavy atom. The summed E-state index contributed by atoms with van der Waals surface area (Å²) in [5, 5.41) is 3.18. The smallest absolute Gasteiger partial charge is 0.243 e. The Balaban J connectivity index is 0.00000162. The molecule has 1 atom stereocenters. The molecule has 4 nitrogen and oxygen atoms in total. The van der Waals surface area contributed by atoms with Gasteiger partial charge >= 0.3 is 0 Å². The Bertz CT molecular complexity index is 492. The van der Waals surface area contributed by atoms with Crippen molar-refractivity contribution >= 4 is 38.4 Å². The first-order valence-electron chi connectivity index (χ1n) is 5.50. The normalized spacial score (nSPS) is 21.3. The fraction of sp³-hybridized carbons (Fsp3) is 0.455. The van der Waals surface area contributed by atoms with Gasteiger partial charge in [0.05, 0.1) is 4.90 Å². The van der Waals surface area contributed by atoms with E-state index in [4.69, 9.17) is 0 Å². The van der Waals surface area contributed by atoms with Gasteiger partial charge in [0.1, 0.15) is 0 Å². The number of hydrogen-bond donors (Lipinski definition) is 1. The van der Waals surface area contributed by atoms with E-state index in [1.807, 2.05) is 6.92 Å². The molecule has 1 aliphatic heterocycles. The number of halogens is 2. The molecule has 1 N–H and O–H groups in total. The Morgan fingerprint density at radius 2 is 1.94 bits per heavy atom. The van der Waals surface area contributed by atoms with Crippen LogP contribution in [0.2, 0.25) is 0 Å². The van der Waals surface area contributed by atoms with Gasteiger partial charge in [0.2, 0.25) is 10.0 Å². The van der Waals surface area contributed by atoms with Gasteiger partial charge in [-0.2, -0.15) is 4.31 Å². The number of sulfonamides is 1. The lowest BCUT2D eigenvalue weighted by atomic mass is 10.3. The van der Waals surface area contributed by atoms with Crippen molar-refractivity contribution in [2.75, 3.05) is 19.6 Å². The number of rotatable bonds is 2. The van der Waals surface area contributed by atoms with Gasteiger partial charge in [-0.15, -0.1) is 12.4 Å². The average Bonchev–Trinajstić information content (AvgIpc) is 2.30. The summed E-state index contributed by atoms with van der Waals surface area (Å²) in [7, 11) is -3.36. The van der Waals surface area contributed by atoms with Gasteiger partial charge in [-0.3, -0.25) is 0 Å². The average molecular weight is 356 g/mol. The van der Waals surface area contributed by atoms with Crippen molar-refractivity contribution in [3.63, 3.8) is 0 Å². The molecule has 1 saturated heterocycles. The molecule has 1 unspecified atom stereocenters. The Hall–Kier alpha value is -0.140. The van der Waals surface area contributed by atoms with Crippen LogP contribution in [0.15, 0.2) is 33.6 Å². The summed E-state index contributed by atoms with van der Waals surface area (Å²) >= 11 is 3.30. The number of hydrogen-bond acceptors (Lipinski definition) is 3. The number of piperazine rings is 1. The molecule has 0 aliphatic carbocycles. The van der Waals surface area contributed by atoms with Gasteiger partial charge in [-0.1, -0.05) is 15.9 Å². The largest absolute Gasteiger partial charge is 0.314 e. The highest BCUT2D eigenvalue weighted by Crippen LogP contribution is 2.21. The summed E-state index contributed by atoms with van der Waals surface area (Å²) in [6.45, 7) is 3.86. The predicted octanol–water partition coefficient (Wildman–Crippen LogP) is 1.85. The molecule has 0 spiro atoms. The highest BCUT2D eigenvalue weighted by Gasteiger charge is 2.30. The molecule has 0 bridgehead atoms. The molecule has 7 heteroatoms. The maximum absolute atomic E-state index is 12.4. The summed E-state index contributed by atoms with van der Waals surface area (Å²) < 4.78 is 27.2. The molecule has 102 valence electrons. The van der Waals surface area contributed by atoms with Crippen molar-refractivity contribution in [2.45, 2.75) is 17.9 Å². The SMILES string of the molecule is CC1CNCCN1S(=O)(=O)c1ccc(Br)cc1.Cl. The Kier molecular flexibility index (Phi) is 5.61. The second-order valence-electron chi connectivity index (χ2n) is 4.12. The van der Waals surface area contributed by atoms with E-state index in [9.17, 15) is 8.42 Å². The van der Waals surface area contributed by atoms with Crippen LogP contribution in [-0.4, -0.2) is 38.4 Å². The second-order valence-corrected chi connectivity index (χ2v) is 6.93. The summed E-state index contributed by atoms with van der Waals surface area (Å²) in [4.78, 5) is 0.356. The van der Waals surface area contributed by atoms with Gasteiger partial charge in [0.25, 0.3) is 0 Å². The maximum Gasteiger partial charge on any atom is 0.243 e. The van der Waals surface area contributed by atoms with Crippen LogP contribution in [0.5, 0.6) is 0 Å². The fourth-order valence-corrected chi connectivity index (χ4v) is 3.82. The van der Waals surface area contributed by atoms with Crippen LogP contribution in [0.3, 0.4) is 0 Å². The highest BCUT2D eigenvalue weighted by atomic mass is 79.9. The quantitative estimate of drug-likeness (QED) is 0.881. The zero-order chi connectivity index (χ0) is 12.5. The fourth-order valence-electron chi connectivity index (χ4n) is 1.92. The van der Waals surface area contributed by atoms with E-state index in [0.29, 0.717) is 24.5 Å². The molecule has 0 amide bonds. The zero-order valence-electron chi connectivity index (χ0n) is 9.97. The number of nitrogens with one attached hydrogen (secondary N) is 1. The highest BCUT2D eigenvalue weighted by molar-refractivity contribution is 9.10. The van der Waals surface area contributed by atoms with Crippen LogP contribution in [0.25, 0.3) is 0 Å². The topological polar surface area (TPSA) is 49.4 Å². The molecular formula is C11H16BrClN2O2S. The molecule has 1 heterocycles. The van der Waals surface area contributed by atoms with Gasteiger partial charge in [0.15, 0.2) is 0 Å². The summed E-state index contributed by atoms with van der Waals surface area (Å²) in [5.41, 5.74) is 0. The summed E-state index contributed by atoms with van der Waals surface area (Å²) in [5.74, 6) is 0. The van der Waals surface area contributed by atoms with E-state index in [2.05, 4.69) is 21.2 Å². The van der Waals surface area contributed by atoms with E-state index in [-0.39, 0.29) is 18.4 Å². The third-order valence-electron chi connectivity index (χ3n) is 2.86. The van der Waals surface area contributed by atoms with Crippen LogP contribution in [-0.2, 0) is 10.0 Å². The van der Waals surface area contributed by atoms with Crippen LogP contribution in [0, 0.1) is 0 Å². The van der Waals surface area contributed by atoms with Crippen molar-refractivity contribution in [1.82, 2.24) is 9.62 Å². The van der Waals surface area contributed by atoms with Crippen molar-refractivity contribution in [3.05, 3.63) is 28.7 Å². The van der Waals surface area contributed by atoms with Crippen LogP contribution >= 0.6 is 28.3 Å². The molecule has 2 rings (SSSR count). The van der Waals surface area contributed by atoms with E-state index in [1.165, 1.54) is 0 Å². The van der Waals surface area contributed by atoms with E-state index in [0.717, 1.165) is 4.47 Å². The van der Waals surface area contributed by atoms with Crippen molar-refractivity contribution in [1.29, 1.82) is 0 Å². The van der Waals surface area contributed by atoms with E-state index < -0.39 is 10.0 Å². The van der Waals surface area contributed by atoms with Crippen molar-refractivity contribution < 1.29 is 8.42 Å². The number of benzene rings is 1. The molecule has 1 aliphatic rings. The van der Waals surface area contributed by atoms with E-state index >= 15 is 0 Å². The van der Waals surface area contributed by atoms with Gasteiger partial charge < -0.3 is 5.32 Å². The molecule has 1 aromatic carbocycles. The van der Waals surface area contributed by atoms with E-state index in [1.54, 1.807) is 28.6 Å². The first-order valence-corrected chi connectivity index (χ1v) is 7.73. The molecular weight excluding hydrogens is 340 g/mol. The Morgan fingerprint density at radius 3 is 2.50 bits per heavy atom. The second kappa shape index (κ2) is 6.34. The first kappa shape index (κ1) is 15.9. The third kappa shape index (κ3) is 3.24. The van der Waals surface area contributed by atoms with Crippen LogP contribution < -0.4 is 5.32 Å². The molecule has 1 aromatic rings. The first-order chi connectivity index (χ1) is 8.01. The minimum absolute atomic E-state index is 0. The van der Waals surface area contributed by atoms with Crippen molar-refractivity contribution in [2.24, 2.45) is 0 Å². The van der Waals surface area contributed by atoms with Gasteiger partial charge in [-0.25, -0.2) is 8.42 Å². The minimum atomic E-state index is -3.36. The Labute approximate surface area is 122 Å². The molecule has 0 aromatic heterocycles. The summed E-state index contributed by atoms with van der Waals surface area (Å²) in [6.07, 6.45) is 0. The summed E-state index contributed by atoms with van der Waals surface area (Å²) in [6, 6.07) is 6.76. The minimum Gasteiger partial charge on any atom is -0.314 e. The zero-order valence-corrected chi connectivity index (χ0v) is 13.2. The molecule has 0 saturated carbocycles. The lowest BCUT2D eigenvalue weighted by molar-refractivity contribution is 0.284. The van der Waals surface area contributed by atoms with Crippen LogP contribution in [0.1, 0.15) is 6.92 Å². The lowest BCUT2D eigenvalue weighted by Gasteiger charge is -2.32. The number of nitrogens with zero attached hydrogens (tertiary/aromatic N) is 1. The predicted molar refractivity (Wildman–Crippen MR) is 77.6 cm³/mol. The third-order valence-corrected chi connectivity index (χ3v) is 5.42. The lowest BCUT2D eigenvalue weighted by Crippen LogP contribution is -2.52. The van der Waals surface area contributed by atoms with Gasteiger partial charge in [0, 0.05) is 30.1 Å².